The van der Waals surface area contributed by atoms with E-state index >= 15 is 0 Å². The van der Waals surface area contributed by atoms with E-state index in [2.05, 4.69) is 21.9 Å². The first kappa shape index (κ1) is 17.2. The van der Waals surface area contributed by atoms with Gasteiger partial charge in [0, 0.05) is 45.8 Å². The van der Waals surface area contributed by atoms with E-state index in [0.717, 1.165) is 32.7 Å². The lowest BCUT2D eigenvalue weighted by atomic mass is 10.0. The van der Waals surface area contributed by atoms with Gasteiger partial charge in [-0.3, -0.25) is 14.4 Å². The lowest BCUT2D eigenvalue weighted by Gasteiger charge is -2.40. The minimum absolute atomic E-state index is 0.0209. The molecule has 0 spiro atoms. The summed E-state index contributed by atoms with van der Waals surface area (Å²) in [5.74, 6) is 0.483. The summed E-state index contributed by atoms with van der Waals surface area (Å²) >= 11 is 0. The molecular weight excluding hydrogens is 304 g/mol. The third-order valence-corrected chi connectivity index (χ3v) is 5.53. The first-order chi connectivity index (χ1) is 11.5. The van der Waals surface area contributed by atoms with Crippen LogP contribution >= 0.6 is 0 Å². The SMILES string of the molecule is Cc1nn(C)c(N)c1C(=O)N1CCN(CC2CCCCN2C)CC1. The number of rotatable bonds is 3. The molecule has 2 N–H and O–H groups in total. The van der Waals surface area contributed by atoms with Crippen LogP contribution in [0.25, 0.3) is 0 Å². The number of aryl methyl sites for hydroxylation is 2. The van der Waals surface area contributed by atoms with Crippen LogP contribution in [-0.4, -0.2) is 82.7 Å². The van der Waals surface area contributed by atoms with Gasteiger partial charge in [0.05, 0.1) is 5.69 Å². The zero-order valence-corrected chi connectivity index (χ0v) is 15.2. The van der Waals surface area contributed by atoms with Gasteiger partial charge < -0.3 is 15.5 Å². The Balaban J connectivity index is 1.56. The molecule has 2 saturated heterocycles. The van der Waals surface area contributed by atoms with E-state index in [0.29, 0.717) is 23.1 Å². The average Bonchev–Trinajstić information content (AvgIpc) is 2.82. The Hall–Kier alpha value is -1.60. The molecule has 3 rings (SSSR count). The maximum Gasteiger partial charge on any atom is 0.259 e. The molecule has 1 aromatic heterocycles. The number of carbonyl (C=O) groups excluding carboxylic acids is 1. The Labute approximate surface area is 144 Å². The molecule has 1 unspecified atom stereocenters. The summed E-state index contributed by atoms with van der Waals surface area (Å²) in [6.45, 7) is 7.59. The van der Waals surface area contributed by atoms with E-state index in [1.165, 1.54) is 25.8 Å². The Morgan fingerprint density at radius 2 is 1.88 bits per heavy atom. The summed E-state index contributed by atoms with van der Waals surface area (Å²) in [6, 6.07) is 0.664. The zero-order chi connectivity index (χ0) is 17.3. The van der Waals surface area contributed by atoms with E-state index in [4.69, 9.17) is 5.73 Å². The Bertz CT molecular complexity index is 590. The van der Waals surface area contributed by atoms with Crippen molar-refractivity contribution >= 4 is 11.7 Å². The number of likely N-dealkylation sites (tertiary alicyclic amines) is 1. The Morgan fingerprint density at radius 3 is 2.46 bits per heavy atom. The van der Waals surface area contributed by atoms with Gasteiger partial charge >= 0.3 is 0 Å². The molecular formula is C17H30N6O. The highest BCUT2D eigenvalue weighted by atomic mass is 16.2. The van der Waals surface area contributed by atoms with Crippen molar-refractivity contribution in [3.05, 3.63) is 11.3 Å². The molecule has 1 amide bonds. The van der Waals surface area contributed by atoms with Crippen molar-refractivity contribution in [2.45, 2.75) is 32.2 Å². The van der Waals surface area contributed by atoms with E-state index in [1.807, 2.05) is 11.8 Å². The van der Waals surface area contributed by atoms with Gasteiger partial charge in [-0.05, 0) is 33.4 Å². The van der Waals surface area contributed by atoms with Crippen molar-refractivity contribution in [3.8, 4) is 0 Å². The topological polar surface area (TPSA) is 70.6 Å². The monoisotopic (exact) mass is 334 g/mol. The van der Waals surface area contributed by atoms with Crippen molar-refractivity contribution in [2.24, 2.45) is 7.05 Å². The number of hydrogen-bond donors (Lipinski definition) is 1. The lowest BCUT2D eigenvalue weighted by Crippen LogP contribution is -2.53. The number of aromatic nitrogens is 2. The van der Waals surface area contributed by atoms with Crippen LogP contribution in [0.2, 0.25) is 0 Å². The number of nitrogens with zero attached hydrogens (tertiary/aromatic N) is 5. The molecule has 3 heterocycles. The molecule has 2 aliphatic rings. The molecule has 7 heteroatoms. The second-order valence-corrected chi connectivity index (χ2v) is 7.19. The second-order valence-electron chi connectivity index (χ2n) is 7.19. The van der Waals surface area contributed by atoms with Gasteiger partial charge in [0.15, 0.2) is 0 Å². The first-order valence-electron chi connectivity index (χ1n) is 8.98. The molecule has 0 radical (unpaired) electrons. The molecule has 0 saturated carbocycles. The van der Waals surface area contributed by atoms with Crippen LogP contribution in [-0.2, 0) is 7.05 Å². The van der Waals surface area contributed by atoms with Gasteiger partial charge in [-0.1, -0.05) is 6.42 Å². The standard InChI is InChI=1S/C17H30N6O/c1-13-15(16(18)21(3)19-13)17(24)23-10-8-22(9-11-23)12-14-6-4-5-7-20(14)2/h14H,4-12,18H2,1-3H3. The largest absolute Gasteiger partial charge is 0.383 e. The molecule has 1 aromatic rings. The number of hydrogen-bond acceptors (Lipinski definition) is 5. The maximum absolute atomic E-state index is 12.8. The van der Waals surface area contributed by atoms with Gasteiger partial charge in [-0.2, -0.15) is 5.10 Å². The van der Waals surface area contributed by atoms with E-state index in [9.17, 15) is 4.79 Å². The van der Waals surface area contributed by atoms with Crippen LogP contribution in [0.3, 0.4) is 0 Å². The van der Waals surface area contributed by atoms with Crippen molar-refractivity contribution in [2.75, 3.05) is 52.0 Å². The lowest BCUT2D eigenvalue weighted by molar-refractivity contribution is 0.0565. The fourth-order valence-electron chi connectivity index (χ4n) is 3.90. The fourth-order valence-corrected chi connectivity index (χ4v) is 3.90. The summed E-state index contributed by atoms with van der Waals surface area (Å²) < 4.78 is 1.58. The van der Waals surface area contributed by atoms with E-state index < -0.39 is 0 Å². The van der Waals surface area contributed by atoms with Crippen LogP contribution in [0.5, 0.6) is 0 Å². The van der Waals surface area contributed by atoms with Gasteiger partial charge in [-0.15, -0.1) is 0 Å². The summed E-state index contributed by atoms with van der Waals surface area (Å²) in [5, 5.41) is 4.26. The molecule has 134 valence electrons. The van der Waals surface area contributed by atoms with Crippen molar-refractivity contribution in [3.63, 3.8) is 0 Å². The number of nitrogens with two attached hydrogens (primary N) is 1. The molecule has 0 aromatic carbocycles. The molecule has 7 nitrogen and oxygen atoms in total. The highest BCUT2D eigenvalue weighted by molar-refractivity contribution is 5.99. The van der Waals surface area contributed by atoms with Gasteiger partial charge in [0.1, 0.15) is 11.4 Å². The number of amides is 1. The van der Waals surface area contributed by atoms with Gasteiger partial charge in [0.2, 0.25) is 0 Å². The van der Waals surface area contributed by atoms with Crippen molar-refractivity contribution in [1.82, 2.24) is 24.5 Å². The van der Waals surface area contributed by atoms with Crippen molar-refractivity contribution in [1.29, 1.82) is 0 Å². The average molecular weight is 334 g/mol. The number of piperidine rings is 1. The minimum Gasteiger partial charge on any atom is -0.383 e. The molecule has 2 aliphatic heterocycles. The normalized spacial score (nSPS) is 23.6. The van der Waals surface area contributed by atoms with E-state index in [1.54, 1.807) is 11.7 Å². The third-order valence-electron chi connectivity index (χ3n) is 5.53. The quantitative estimate of drug-likeness (QED) is 0.874. The number of likely N-dealkylation sites (N-methyl/N-ethyl adjacent to an activating group) is 1. The smallest absolute Gasteiger partial charge is 0.259 e. The molecule has 0 aliphatic carbocycles. The fraction of sp³-hybridized carbons (Fsp3) is 0.765. The van der Waals surface area contributed by atoms with Crippen LogP contribution in [0, 0.1) is 6.92 Å². The van der Waals surface area contributed by atoms with Crippen LogP contribution in [0.1, 0.15) is 35.3 Å². The second kappa shape index (κ2) is 7.11. The molecule has 0 bridgehead atoms. The summed E-state index contributed by atoms with van der Waals surface area (Å²) in [6.07, 6.45) is 3.95. The van der Waals surface area contributed by atoms with Crippen LogP contribution in [0.15, 0.2) is 0 Å². The molecule has 2 fully saturated rings. The predicted octanol–water partition coefficient (Wildman–Crippen LogP) is 0.553. The number of carbonyl (C=O) groups is 1. The maximum atomic E-state index is 12.8. The van der Waals surface area contributed by atoms with Gasteiger partial charge in [-0.25, -0.2) is 0 Å². The van der Waals surface area contributed by atoms with E-state index in [-0.39, 0.29) is 5.91 Å². The molecule has 1 atom stereocenters. The molecule has 24 heavy (non-hydrogen) atoms. The Kier molecular flexibility index (Phi) is 5.10. The summed E-state index contributed by atoms with van der Waals surface area (Å²) in [5.41, 5.74) is 7.30. The highest BCUT2D eigenvalue weighted by Crippen LogP contribution is 2.20. The van der Waals surface area contributed by atoms with Crippen LogP contribution in [0.4, 0.5) is 5.82 Å². The number of piperazine rings is 1. The minimum atomic E-state index is 0.0209. The highest BCUT2D eigenvalue weighted by Gasteiger charge is 2.28. The van der Waals surface area contributed by atoms with Gasteiger partial charge in [0.25, 0.3) is 5.91 Å². The number of anilines is 1. The third kappa shape index (κ3) is 3.42. The summed E-state index contributed by atoms with van der Waals surface area (Å²) in [4.78, 5) is 19.7. The van der Waals surface area contributed by atoms with Crippen molar-refractivity contribution < 1.29 is 4.79 Å². The predicted molar refractivity (Wildman–Crippen MR) is 95.0 cm³/mol. The summed E-state index contributed by atoms with van der Waals surface area (Å²) in [7, 11) is 4.01. The Morgan fingerprint density at radius 1 is 1.17 bits per heavy atom. The van der Waals surface area contributed by atoms with Crippen LogP contribution < -0.4 is 5.73 Å². The zero-order valence-electron chi connectivity index (χ0n) is 15.2. The first-order valence-corrected chi connectivity index (χ1v) is 8.98. The number of nitrogen functional groups attached to an aromatic ring is 1.